The third kappa shape index (κ3) is 3.64. The van der Waals surface area contributed by atoms with E-state index < -0.39 is 11.7 Å². The van der Waals surface area contributed by atoms with Crippen LogP contribution in [0.15, 0.2) is 35.2 Å². The van der Waals surface area contributed by atoms with Gasteiger partial charge >= 0.3 is 6.18 Å². The number of carbonyl (C=O) groups is 1. The average molecular weight is 342 g/mol. The summed E-state index contributed by atoms with van der Waals surface area (Å²) in [4.78, 5) is 17.6. The van der Waals surface area contributed by atoms with E-state index >= 15 is 0 Å². The van der Waals surface area contributed by atoms with Crippen LogP contribution in [0.2, 0.25) is 0 Å². The van der Waals surface area contributed by atoms with Gasteiger partial charge in [0.05, 0.1) is 17.7 Å². The maximum Gasteiger partial charge on any atom is 0.417 e. The zero-order chi connectivity index (χ0) is 16.4. The molecule has 0 bridgehead atoms. The van der Waals surface area contributed by atoms with Gasteiger partial charge in [0.1, 0.15) is 6.10 Å². The summed E-state index contributed by atoms with van der Waals surface area (Å²) in [6.45, 7) is 0.956. The maximum atomic E-state index is 12.5. The molecule has 1 atom stereocenters. The summed E-state index contributed by atoms with van der Waals surface area (Å²) in [5, 5.41) is 3.62. The third-order valence-electron chi connectivity index (χ3n) is 3.55. The van der Waals surface area contributed by atoms with Crippen molar-refractivity contribution in [2.45, 2.75) is 18.7 Å². The molecule has 0 spiro atoms. The van der Waals surface area contributed by atoms with Gasteiger partial charge in [-0.1, -0.05) is 0 Å². The fraction of sp³-hybridized carbons (Fsp3) is 0.333. The molecule has 1 aliphatic rings. The molecule has 122 valence electrons. The van der Waals surface area contributed by atoms with Crippen LogP contribution in [0.25, 0.3) is 0 Å². The highest BCUT2D eigenvalue weighted by Crippen LogP contribution is 2.29. The van der Waals surface area contributed by atoms with E-state index in [1.807, 2.05) is 5.38 Å². The lowest BCUT2D eigenvalue weighted by molar-refractivity contribution is -0.137. The molecule has 0 saturated carbocycles. The van der Waals surface area contributed by atoms with E-state index in [4.69, 9.17) is 4.74 Å². The number of alkyl halides is 3. The summed E-state index contributed by atoms with van der Waals surface area (Å²) >= 11 is 1.45. The van der Waals surface area contributed by atoms with E-state index in [2.05, 4.69) is 4.98 Å². The average Bonchev–Trinajstić information content (AvgIpc) is 3.18. The quantitative estimate of drug-likeness (QED) is 0.858. The summed E-state index contributed by atoms with van der Waals surface area (Å²) in [5.74, 6) is 0.0746. The second-order valence-electron chi connectivity index (χ2n) is 5.17. The normalized spacial score (nSPS) is 18.2. The molecular weight excluding hydrogens is 329 g/mol. The molecule has 8 heteroatoms. The van der Waals surface area contributed by atoms with Crippen molar-refractivity contribution in [2.24, 2.45) is 0 Å². The van der Waals surface area contributed by atoms with Crippen LogP contribution in [0.5, 0.6) is 5.88 Å². The van der Waals surface area contributed by atoms with Crippen molar-refractivity contribution < 1.29 is 22.7 Å². The van der Waals surface area contributed by atoms with Crippen molar-refractivity contribution in [3.8, 4) is 5.88 Å². The number of rotatable bonds is 3. The van der Waals surface area contributed by atoms with E-state index in [-0.39, 0.29) is 17.9 Å². The van der Waals surface area contributed by atoms with Gasteiger partial charge in [-0.2, -0.15) is 24.5 Å². The number of carbonyl (C=O) groups excluding carboxylic acids is 1. The van der Waals surface area contributed by atoms with E-state index in [0.29, 0.717) is 25.1 Å². The van der Waals surface area contributed by atoms with Gasteiger partial charge in [0.2, 0.25) is 5.88 Å². The van der Waals surface area contributed by atoms with Crippen molar-refractivity contribution in [1.82, 2.24) is 9.88 Å². The number of ether oxygens (including phenoxy) is 1. The number of pyridine rings is 1. The number of amides is 1. The van der Waals surface area contributed by atoms with Crippen LogP contribution in [-0.4, -0.2) is 35.0 Å². The van der Waals surface area contributed by atoms with Gasteiger partial charge in [-0.3, -0.25) is 4.79 Å². The molecular formula is C15H13F3N2O2S. The first-order valence-corrected chi connectivity index (χ1v) is 7.89. The van der Waals surface area contributed by atoms with Gasteiger partial charge in [-0.25, -0.2) is 4.98 Å². The van der Waals surface area contributed by atoms with Gasteiger partial charge in [-0.15, -0.1) is 0 Å². The molecule has 3 heterocycles. The lowest BCUT2D eigenvalue weighted by atomic mass is 10.3. The molecule has 1 amide bonds. The number of aromatic nitrogens is 1. The topological polar surface area (TPSA) is 42.4 Å². The SMILES string of the molecule is O=C(c1ccsc1)N1CCC(Oc2ccc(C(F)(F)F)cn2)C1. The van der Waals surface area contributed by atoms with Crippen molar-refractivity contribution in [2.75, 3.05) is 13.1 Å². The summed E-state index contributed by atoms with van der Waals surface area (Å²) < 4.78 is 43.0. The van der Waals surface area contributed by atoms with Crippen LogP contribution in [0, 0.1) is 0 Å². The van der Waals surface area contributed by atoms with E-state index in [1.54, 1.807) is 16.3 Å². The Labute approximate surface area is 134 Å². The van der Waals surface area contributed by atoms with Gasteiger partial charge in [0, 0.05) is 30.6 Å². The van der Waals surface area contributed by atoms with Crippen LogP contribution in [-0.2, 0) is 6.18 Å². The molecule has 0 N–H and O–H groups in total. The Hall–Kier alpha value is -2.09. The number of hydrogen-bond donors (Lipinski definition) is 0. The summed E-state index contributed by atoms with van der Waals surface area (Å²) in [6.07, 6.45) is -3.30. The van der Waals surface area contributed by atoms with Crippen LogP contribution in [0.4, 0.5) is 13.2 Å². The Kier molecular flexibility index (Phi) is 4.25. The Bertz CT molecular complexity index is 671. The predicted molar refractivity (Wildman–Crippen MR) is 78.5 cm³/mol. The summed E-state index contributed by atoms with van der Waals surface area (Å²) in [6, 6.07) is 3.90. The Balaban J connectivity index is 1.59. The molecule has 1 unspecified atom stereocenters. The Morgan fingerprint density at radius 1 is 1.35 bits per heavy atom. The van der Waals surface area contributed by atoms with Crippen LogP contribution in [0.3, 0.4) is 0 Å². The lowest BCUT2D eigenvalue weighted by Gasteiger charge is -2.16. The smallest absolute Gasteiger partial charge is 0.417 e. The van der Waals surface area contributed by atoms with Crippen molar-refractivity contribution >= 4 is 17.2 Å². The summed E-state index contributed by atoms with van der Waals surface area (Å²) in [7, 11) is 0. The predicted octanol–water partition coefficient (Wildman–Crippen LogP) is 3.46. The van der Waals surface area contributed by atoms with Crippen LogP contribution < -0.4 is 4.74 Å². The molecule has 2 aromatic heterocycles. The molecule has 3 rings (SSSR count). The molecule has 1 fully saturated rings. The number of nitrogens with zero attached hydrogens (tertiary/aromatic N) is 2. The third-order valence-corrected chi connectivity index (χ3v) is 4.23. The van der Waals surface area contributed by atoms with Gasteiger partial charge < -0.3 is 9.64 Å². The second kappa shape index (κ2) is 6.19. The van der Waals surface area contributed by atoms with E-state index in [9.17, 15) is 18.0 Å². The fourth-order valence-electron chi connectivity index (χ4n) is 2.37. The molecule has 23 heavy (non-hydrogen) atoms. The minimum absolute atomic E-state index is 0.0577. The zero-order valence-electron chi connectivity index (χ0n) is 11.9. The number of likely N-dealkylation sites (tertiary alicyclic amines) is 1. The summed E-state index contributed by atoms with van der Waals surface area (Å²) in [5.41, 5.74) is -0.172. The van der Waals surface area contributed by atoms with Gasteiger partial charge in [0.15, 0.2) is 0 Å². The van der Waals surface area contributed by atoms with Crippen molar-refractivity contribution in [1.29, 1.82) is 0 Å². The standard InChI is InChI=1S/C15H13F3N2O2S/c16-15(17,18)11-1-2-13(19-7-11)22-12-3-5-20(8-12)14(21)10-4-6-23-9-10/h1-2,4,6-7,9,12H,3,5,8H2. The maximum absolute atomic E-state index is 12.5. The minimum Gasteiger partial charge on any atom is -0.472 e. The number of halogens is 3. The molecule has 1 aliphatic heterocycles. The minimum atomic E-state index is -4.41. The first-order valence-electron chi connectivity index (χ1n) is 6.95. The Morgan fingerprint density at radius 2 is 2.17 bits per heavy atom. The second-order valence-corrected chi connectivity index (χ2v) is 5.95. The number of thiophene rings is 1. The fourth-order valence-corrected chi connectivity index (χ4v) is 3.00. The zero-order valence-corrected chi connectivity index (χ0v) is 12.7. The number of hydrogen-bond acceptors (Lipinski definition) is 4. The molecule has 0 radical (unpaired) electrons. The highest BCUT2D eigenvalue weighted by atomic mass is 32.1. The largest absolute Gasteiger partial charge is 0.472 e. The van der Waals surface area contributed by atoms with Crippen LogP contribution in [0.1, 0.15) is 22.3 Å². The lowest BCUT2D eigenvalue weighted by Crippen LogP contribution is -2.30. The first kappa shape index (κ1) is 15.8. The van der Waals surface area contributed by atoms with Gasteiger partial charge in [-0.05, 0) is 17.5 Å². The monoisotopic (exact) mass is 342 g/mol. The van der Waals surface area contributed by atoms with Crippen molar-refractivity contribution in [3.63, 3.8) is 0 Å². The molecule has 0 aliphatic carbocycles. The van der Waals surface area contributed by atoms with Crippen LogP contribution >= 0.6 is 11.3 Å². The van der Waals surface area contributed by atoms with Gasteiger partial charge in [0.25, 0.3) is 5.91 Å². The van der Waals surface area contributed by atoms with E-state index in [1.165, 1.54) is 17.4 Å². The van der Waals surface area contributed by atoms with E-state index in [0.717, 1.165) is 12.3 Å². The molecule has 4 nitrogen and oxygen atoms in total. The first-order chi connectivity index (χ1) is 10.9. The Morgan fingerprint density at radius 3 is 2.78 bits per heavy atom. The molecule has 1 saturated heterocycles. The molecule has 0 aromatic carbocycles. The highest BCUT2D eigenvalue weighted by Gasteiger charge is 2.31. The van der Waals surface area contributed by atoms with Crippen molar-refractivity contribution in [3.05, 3.63) is 46.3 Å². The highest BCUT2D eigenvalue weighted by molar-refractivity contribution is 7.08. The molecule has 2 aromatic rings.